The monoisotopic (exact) mass is 439 g/mol. The van der Waals surface area contributed by atoms with Crippen LogP contribution in [0.1, 0.15) is 56.5 Å². The van der Waals surface area contributed by atoms with Crippen molar-refractivity contribution in [2.24, 2.45) is 12.5 Å². The molecule has 0 radical (unpaired) electrons. The number of hydrogen-bond donors (Lipinski definition) is 1. The van der Waals surface area contributed by atoms with Crippen LogP contribution in [0.4, 0.5) is 4.79 Å². The van der Waals surface area contributed by atoms with E-state index in [4.69, 9.17) is 9.84 Å². The smallest absolute Gasteiger partial charge is 0.410 e. The van der Waals surface area contributed by atoms with Crippen molar-refractivity contribution in [1.29, 1.82) is 0 Å². The number of carboxylic acids is 1. The van der Waals surface area contributed by atoms with Gasteiger partial charge in [-0.25, -0.2) is 9.48 Å². The molecule has 0 unspecified atom stereocenters. The van der Waals surface area contributed by atoms with Crippen molar-refractivity contribution in [3.63, 3.8) is 0 Å². The summed E-state index contributed by atoms with van der Waals surface area (Å²) in [5, 5.41) is 17.3. The van der Waals surface area contributed by atoms with Crippen LogP contribution < -0.4 is 0 Å². The van der Waals surface area contributed by atoms with Gasteiger partial charge in [-0.15, -0.1) is 5.10 Å². The second kappa shape index (κ2) is 9.81. The summed E-state index contributed by atoms with van der Waals surface area (Å²) in [5.74, 6) is 5.40. The molecule has 1 saturated carbocycles. The van der Waals surface area contributed by atoms with Crippen LogP contribution in [-0.4, -0.2) is 55.1 Å². The van der Waals surface area contributed by atoms with Gasteiger partial charge in [0.15, 0.2) is 0 Å². The summed E-state index contributed by atoms with van der Waals surface area (Å²) < 4.78 is 7.07. The molecule has 0 aromatic carbocycles. The number of hydrogen-bond acceptors (Lipinski definition) is 6. The van der Waals surface area contributed by atoms with Crippen LogP contribution in [0.2, 0.25) is 0 Å². The highest BCUT2D eigenvalue weighted by Gasteiger charge is 2.43. The van der Waals surface area contributed by atoms with Crippen molar-refractivity contribution >= 4 is 12.1 Å². The molecule has 1 N–H and O–H groups in total. The fourth-order valence-electron chi connectivity index (χ4n) is 3.42. The Morgan fingerprint density at radius 3 is 2.66 bits per heavy atom. The summed E-state index contributed by atoms with van der Waals surface area (Å²) in [6, 6.07) is 3.66. The average Bonchev–Trinajstić information content (AvgIpc) is 3.41. The Morgan fingerprint density at radius 2 is 2.06 bits per heavy atom. The molecule has 0 saturated heterocycles. The largest absolute Gasteiger partial charge is 0.481 e. The number of nitrogens with zero attached hydrogens (tertiary/aromatic N) is 5. The number of rotatable bonds is 8. The van der Waals surface area contributed by atoms with Gasteiger partial charge in [-0.1, -0.05) is 24.0 Å². The fraction of sp³-hybridized carbons (Fsp3) is 0.522. The first-order chi connectivity index (χ1) is 15.3. The third-order valence-electron chi connectivity index (χ3n) is 5.54. The lowest BCUT2D eigenvalue weighted by Crippen LogP contribution is -2.32. The first-order valence-corrected chi connectivity index (χ1v) is 10.8. The van der Waals surface area contributed by atoms with Crippen LogP contribution in [-0.2, 0) is 23.2 Å². The van der Waals surface area contributed by atoms with Crippen molar-refractivity contribution in [3.8, 4) is 23.2 Å². The van der Waals surface area contributed by atoms with Crippen molar-refractivity contribution in [3.05, 3.63) is 29.1 Å². The molecule has 2 aromatic rings. The van der Waals surface area contributed by atoms with Gasteiger partial charge in [0.2, 0.25) is 0 Å². The van der Waals surface area contributed by atoms with E-state index < -0.39 is 11.4 Å². The summed E-state index contributed by atoms with van der Waals surface area (Å²) in [7, 11) is 1.74. The molecule has 9 nitrogen and oxygen atoms in total. The first kappa shape index (κ1) is 23.3. The number of ether oxygens (including phenoxy) is 1. The molecular formula is C23H29N5O4. The molecule has 1 amide bonds. The van der Waals surface area contributed by atoms with Gasteiger partial charge >= 0.3 is 12.1 Å². The summed E-state index contributed by atoms with van der Waals surface area (Å²) in [6.07, 6.45) is 2.18. The van der Waals surface area contributed by atoms with Gasteiger partial charge in [0, 0.05) is 31.1 Å². The lowest BCUT2D eigenvalue weighted by Gasteiger charge is -2.19. The van der Waals surface area contributed by atoms with Crippen molar-refractivity contribution < 1.29 is 19.4 Å². The third-order valence-corrected chi connectivity index (χ3v) is 5.54. The van der Waals surface area contributed by atoms with Gasteiger partial charge in [0.1, 0.15) is 18.0 Å². The third kappa shape index (κ3) is 5.44. The van der Waals surface area contributed by atoms with Crippen LogP contribution in [0.3, 0.4) is 0 Å². The number of aliphatic carboxylic acids is 1. The maximum Gasteiger partial charge on any atom is 0.410 e. The highest BCUT2D eigenvalue weighted by atomic mass is 16.6. The Bertz CT molecular complexity index is 1060. The molecule has 0 aliphatic heterocycles. The van der Waals surface area contributed by atoms with E-state index in [-0.39, 0.29) is 19.1 Å². The number of pyridine rings is 1. The van der Waals surface area contributed by atoms with Crippen LogP contribution in [0.15, 0.2) is 12.1 Å². The van der Waals surface area contributed by atoms with E-state index >= 15 is 0 Å². The Morgan fingerprint density at radius 1 is 1.31 bits per heavy atom. The van der Waals surface area contributed by atoms with Gasteiger partial charge in [0.25, 0.3) is 0 Å². The zero-order chi connectivity index (χ0) is 23.3. The SMILES string of the molecule is CCCN(CC)C(=O)OCc1c(-c2ccc(C#CC3(CC(=O)O)CC3)c(C)n2)nnn1C. The predicted molar refractivity (Wildman–Crippen MR) is 117 cm³/mol. The second-order valence-corrected chi connectivity index (χ2v) is 8.07. The topological polar surface area (TPSA) is 110 Å². The zero-order valence-electron chi connectivity index (χ0n) is 19.0. The van der Waals surface area contributed by atoms with Crippen LogP contribution in [0.5, 0.6) is 0 Å². The zero-order valence-corrected chi connectivity index (χ0v) is 19.0. The van der Waals surface area contributed by atoms with Crippen LogP contribution in [0, 0.1) is 24.2 Å². The Labute approximate surface area is 187 Å². The van der Waals surface area contributed by atoms with Crippen molar-refractivity contribution in [1.82, 2.24) is 24.9 Å². The van der Waals surface area contributed by atoms with Crippen molar-refractivity contribution in [2.75, 3.05) is 13.1 Å². The van der Waals surface area contributed by atoms with Crippen LogP contribution in [0.25, 0.3) is 11.4 Å². The van der Waals surface area contributed by atoms with Gasteiger partial charge in [0.05, 0.1) is 17.8 Å². The summed E-state index contributed by atoms with van der Waals surface area (Å²) >= 11 is 0. The minimum absolute atomic E-state index is 0.0396. The molecular weight excluding hydrogens is 410 g/mol. The number of carbonyl (C=O) groups excluding carboxylic acids is 1. The standard InChI is InChI=1S/C23H29N5O4/c1-5-13-28(6-2)22(31)32-15-19-21(25-26-27(19)4)18-8-7-17(16(3)24-18)9-10-23(11-12-23)14-20(29)30/h7-8H,5-6,11-15H2,1-4H3,(H,29,30). The molecule has 9 heteroatoms. The molecule has 170 valence electrons. The molecule has 1 fully saturated rings. The fourth-order valence-corrected chi connectivity index (χ4v) is 3.42. The van der Waals surface area contributed by atoms with E-state index in [1.807, 2.05) is 26.8 Å². The molecule has 2 heterocycles. The van der Waals surface area contributed by atoms with Gasteiger partial charge in [-0.05, 0) is 45.2 Å². The minimum atomic E-state index is -0.824. The molecule has 3 rings (SSSR count). The lowest BCUT2D eigenvalue weighted by atomic mass is 10.0. The van der Waals surface area contributed by atoms with E-state index in [1.54, 1.807) is 22.7 Å². The van der Waals surface area contributed by atoms with Gasteiger partial charge < -0.3 is 14.7 Å². The summed E-state index contributed by atoms with van der Waals surface area (Å²) in [4.78, 5) is 29.6. The quantitative estimate of drug-likeness (QED) is 0.629. The minimum Gasteiger partial charge on any atom is -0.481 e. The van der Waals surface area contributed by atoms with E-state index in [1.165, 1.54) is 0 Å². The highest BCUT2D eigenvalue weighted by Crippen LogP contribution is 2.48. The normalized spacial score (nSPS) is 13.8. The number of aromatic nitrogens is 4. The molecule has 1 aliphatic rings. The number of carboxylic acid groups (broad SMARTS) is 1. The van der Waals surface area contributed by atoms with Crippen LogP contribution >= 0.6 is 0 Å². The average molecular weight is 440 g/mol. The van der Waals surface area contributed by atoms with E-state index in [0.29, 0.717) is 30.2 Å². The highest BCUT2D eigenvalue weighted by molar-refractivity contribution is 5.69. The Hall–Kier alpha value is -3.41. The molecule has 0 atom stereocenters. The predicted octanol–water partition coefficient (Wildman–Crippen LogP) is 3.16. The summed E-state index contributed by atoms with van der Waals surface area (Å²) in [6.45, 7) is 7.04. The first-order valence-electron chi connectivity index (χ1n) is 10.8. The lowest BCUT2D eigenvalue weighted by molar-refractivity contribution is -0.137. The number of amides is 1. The molecule has 1 aliphatic carbocycles. The number of carbonyl (C=O) groups is 2. The number of aryl methyl sites for hydroxylation is 2. The Kier molecular flexibility index (Phi) is 7.13. The molecule has 0 spiro atoms. The second-order valence-electron chi connectivity index (χ2n) is 8.07. The summed E-state index contributed by atoms with van der Waals surface area (Å²) in [5.41, 5.74) is 2.87. The van der Waals surface area contributed by atoms with Crippen molar-refractivity contribution in [2.45, 2.75) is 53.1 Å². The molecule has 2 aromatic heterocycles. The van der Waals surface area contributed by atoms with E-state index in [9.17, 15) is 9.59 Å². The Balaban J connectivity index is 1.76. The van der Waals surface area contributed by atoms with Gasteiger partial charge in [-0.2, -0.15) is 0 Å². The molecule has 32 heavy (non-hydrogen) atoms. The van der Waals surface area contributed by atoms with Gasteiger partial charge in [-0.3, -0.25) is 9.78 Å². The molecule has 0 bridgehead atoms. The van der Waals surface area contributed by atoms with E-state index in [2.05, 4.69) is 27.1 Å². The maximum absolute atomic E-state index is 12.3. The van der Waals surface area contributed by atoms with E-state index in [0.717, 1.165) is 30.5 Å². The maximum atomic E-state index is 12.3.